The van der Waals surface area contributed by atoms with Crippen LogP contribution in [-0.4, -0.2) is 49.4 Å². The SMILES string of the molecule is CCOC(=O)C1=C(C)N=c2s/c(=C/c3cc([N+](=O)[O-])ccc3N3CCCCC3)c(=O)n2[C@@H]1c1cc(OC)ccc1OC. The van der Waals surface area contributed by atoms with E-state index in [4.69, 9.17) is 14.2 Å². The number of thiazole rings is 1. The van der Waals surface area contributed by atoms with E-state index < -0.39 is 16.9 Å². The fraction of sp³-hybridized carbons (Fsp3) is 0.367. The number of allylic oxidation sites excluding steroid dienone is 1. The second-order valence-electron chi connectivity index (χ2n) is 9.96. The highest BCUT2D eigenvalue weighted by molar-refractivity contribution is 7.07. The smallest absolute Gasteiger partial charge is 0.338 e. The molecule has 1 saturated heterocycles. The summed E-state index contributed by atoms with van der Waals surface area (Å²) in [5.74, 6) is 0.389. The van der Waals surface area contributed by atoms with Crippen LogP contribution in [0.1, 0.15) is 50.3 Å². The molecular weight excluding hydrogens is 560 g/mol. The van der Waals surface area contributed by atoms with Crippen LogP contribution in [0.2, 0.25) is 0 Å². The maximum absolute atomic E-state index is 14.2. The molecule has 0 saturated carbocycles. The number of esters is 1. The van der Waals surface area contributed by atoms with Gasteiger partial charge < -0.3 is 19.1 Å². The molecule has 11 nitrogen and oxygen atoms in total. The molecule has 0 bridgehead atoms. The zero-order chi connectivity index (χ0) is 30.0. The molecule has 0 spiro atoms. The van der Waals surface area contributed by atoms with Gasteiger partial charge in [-0.3, -0.25) is 19.5 Å². The number of nitro groups is 1. The average Bonchev–Trinajstić information content (AvgIpc) is 3.30. The van der Waals surface area contributed by atoms with Crippen LogP contribution in [0.3, 0.4) is 0 Å². The monoisotopic (exact) mass is 592 g/mol. The average molecular weight is 593 g/mol. The van der Waals surface area contributed by atoms with Gasteiger partial charge in [-0.15, -0.1) is 0 Å². The largest absolute Gasteiger partial charge is 0.497 e. The molecule has 3 aromatic rings. The molecule has 2 aliphatic rings. The minimum absolute atomic E-state index is 0.0609. The Labute approximate surface area is 246 Å². The van der Waals surface area contributed by atoms with Crippen LogP contribution in [0.4, 0.5) is 11.4 Å². The Morgan fingerprint density at radius 3 is 2.57 bits per heavy atom. The Hall–Kier alpha value is -4.45. The number of hydrogen-bond donors (Lipinski definition) is 0. The maximum atomic E-state index is 14.2. The Balaban J connectivity index is 1.76. The van der Waals surface area contributed by atoms with Gasteiger partial charge in [0.1, 0.15) is 17.5 Å². The van der Waals surface area contributed by atoms with Crippen LogP contribution in [0.5, 0.6) is 11.5 Å². The van der Waals surface area contributed by atoms with E-state index in [0.29, 0.717) is 37.7 Å². The molecular formula is C30H32N4O7S. The summed E-state index contributed by atoms with van der Waals surface area (Å²) in [6.45, 7) is 5.23. The van der Waals surface area contributed by atoms with Gasteiger partial charge in [0.2, 0.25) is 0 Å². The van der Waals surface area contributed by atoms with E-state index >= 15 is 0 Å². The zero-order valence-electron chi connectivity index (χ0n) is 23.9. The number of ether oxygens (including phenoxy) is 3. The number of nitrogens with zero attached hydrogens (tertiary/aromatic N) is 4. The molecule has 0 N–H and O–H groups in total. The van der Waals surface area contributed by atoms with Gasteiger partial charge in [-0.2, -0.15) is 0 Å². The standard InChI is InChI=1S/C30H32N4O7S/c1-5-41-29(36)26-18(2)31-30-33(27(26)22-17-21(39-3)10-12-24(22)40-4)28(35)25(42-30)16-19-15-20(34(37)38)9-11-23(19)32-13-7-6-8-14-32/h9-12,15-17,27H,5-8,13-14H2,1-4H3/b25-16+/t27-/m1/s1. The third kappa shape index (κ3) is 5.41. The van der Waals surface area contributed by atoms with Crippen molar-refractivity contribution in [2.45, 2.75) is 39.2 Å². The minimum atomic E-state index is -0.904. The van der Waals surface area contributed by atoms with Gasteiger partial charge in [0, 0.05) is 42.0 Å². The maximum Gasteiger partial charge on any atom is 0.338 e. The molecule has 1 atom stereocenters. The number of non-ortho nitro benzene ring substituents is 1. The number of carbonyl (C=O) groups is 1. The van der Waals surface area contributed by atoms with E-state index in [-0.39, 0.29) is 23.4 Å². The third-order valence-corrected chi connectivity index (χ3v) is 8.44. The molecule has 0 aliphatic carbocycles. The summed E-state index contributed by atoms with van der Waals surface area (Å²) in [5.41, 5.74) is 2.13. The topological polar surface area (TPSA) is 126 Å². The van der Waals surface area contributed by atoms with Crippen molar-refractivity contribution in [1.82, 2.24) is 4.57 Å². The summed E-state index contributed by atoms with van der Waals surface area (Å²) in [6.07, 6.45) is 4.87. The third-order valence-electron chi connectivity index (χ3n) is 7.45. The highest BCUT2D eigenvalue weighted by Gasteiger charge is 2.35. The van der Waals surface area contributed by atoms with Gasteiger partial charge in [0.15, 0.2) is 4.80 Å². The molecule has 5 rings (SSSR count). The summed E-state index contributed by atoms with van der Waals surface area (Å²) in [5, 5.41) is 11.6. The van der Waals surface area contributed by atoms with Gasteiger partial charge >= 0.3 is 5.97 Å². The molecule has 2 aromatic carbocycles. The first kappa shape index (κ1) is 29.1. The van der Waals surface area contributed by atoms with Crippen LogP contribution in [0, 0.1) is 10.1 Å². The first-order chi connectivity index (χ1) is 20.3. The Morgan fingerprint density at radius 2 is 1.90 bits per heavy atom. The molecule has 1 aromatic heterocycles. The first-order valence-corrected chi connectivity index (χ1v) is 14.5. The Morgan fingerprint density at radius 1 is 1.14 bits per heavy atom. The molecule has 1 fully saturated rings. The second-order valence-corrected chi connectivity index (χ2v) is 11.0. The van der Waals surface area contributed by atoms with Gasteiger partial charge in [-0.25, -0.2) is 9.79 Å². The van der Waals surface area contributed by atoms with Crippen molar-refractivity contribution in [3.63, 3.8) is 0 Å². The summed E-state index contributed by atoms with van der Waals surface area (Å²) < 4.78 is 18.3. The van der Waals surface area contributed by atoms with Crippen molar-refractivity contribution in [1.29, 1.82) is 0 Å². The van der Waals surface area contributed by atoms with Crippen molar-refractivity contribution >= 4 is 34.8 Å². The van der Waals surface area contributed by atoms with Crippen molar-refractivity contribution in [3.8, 4) is 11.5 Å². The van der Waals surface area contributed by atoms with Crippen LogP contribution >= 0.6 is 11.3 Å². The molecule has 12 heteroatoms. The molecule has 0 unspecified atom stereocenters. The van der Waals surface area contributed by atoms with Crippen molar-refractivity contribution in [2.75, 3.05) is 38.8 Å². The normalized spacial score (nSPS) is 17.0. The number of aromatic nitrogens is 1. The van der Waals surface area contributed by atoms with E-state index in [0.717, 1.165) is 49.4 Å². The summed E-state index contributed by atoms with van der Waals surface area (Å²) in [6, 6.07) is 9.02. The van der Waals surface area contributed by atoms with Gasteiger partial charge in [-0.05, 0) is 63.5 Å². The summed E-state index contributed by atoms with van der Waals surface area (Å²) >= 11 is 1.16. The predicted octanol–water partition coefficient (Wildman–Crippen LogP) is 3.71. The van der Waals surface area contributed by atoms with Crippen LogP contribution in [0.15, 0.2) is 57.5 Å². The van der Waals surface area contributed by atoms with Crippen molar-refractivity contribution in [3.05, 3.63) is 88.6 Å². The van der Waals surface area contributed by atoms with E-state index in [1.807, 2.05) is 0 Å². The summed E-state index contributed by atoms with van der Waals surface area (Å²) in [4.78, 5) is 45.9. The lowest BCUT2D eigenvalue weighted by molar-refractivity contribution is -0.384. The first-order valence-electron chi connectivity index (χ1n) is 13.7. The lowest BCUT2D eigenvalue weighted by Crippen LogP contribution is -2.40. The number of fused-ring (bicyclic) bond motifs is 1. The van der Waals surface area contributed by atoms with Gasteiger partial charge in [-0.1, -0.05) is 11.3 Å². The molecule has 2 aliphatic heterocycles. The molecule has 220 valence electrons. The quantitative estimate of drug-likeness (QED) is 0.220. The molecule has 42 heavy (non-hydrogen) atoms. The van der Waals surface area contributed by atoms with Crippen LogP contribution < -0.4 is 29.3 Å². The summed E-state index contributed by atoms with van der Waals surface area (Å²) in [7, 11) is 3.05. The number of anilines is 1. The number of methoxy groups -OCH3 is 2. The fourth-order valence-electron chi connectivity index (χ4n) is 5.47. The minimum Gasteiger partial charge on any atom is -0.497 e. The van der Waals surface area contributed by atoms with Crippen LogP contribution in [0.25, 0.3) is 6.08 Å². The number of hydrogen-bond acceptors (Lipinski definition) is 10. The number of benzene rings is 2. The molecule has 3 heterocycles. The van der Waals surface area contributed by atoms with E-state index in [9.17, 15) is 19.7 Å². The van der Waals surface area contributed by atoms with Gasteiger partial charge in [0.25, 0.3) is 11.2 Å². The van der Waals surface area contributed by atoms with E-state index in [1.165, 1.54) is 30.9 Å². The lowest BCUT2D eigenvalue weighted by atomic mass is 9.94. The van der Waals surface area contributed by atoms with Crippen LogP contribution in [-0.2, 0) is 9.53 Å². The van der Waals surface area contributed by atoms with Gasteiger partial charge in [0.05, 0.1) is 41.6 Å². The second kappa shape index (κ2) is 12.2. The number of piperidine rings is 1. The Bertz CT molecular complexity index is 1750. The van der Waals surface area contributed by atoms with Crippen molar-refractivity contribution in [2.24, 2.45) is 4.99 Å². The number of nitro benzene ring substituents is 1. The lowest BCUT2D eigenvalue weighted by Gasteiger charge is -2.30. The predicted molar refractivity (Wildman–Crippen MR) is 159 cm³/mol. The highest BCUT2D eigenvalue weighted by Crippen LogP contribution is 2.38. The highest BCUT2D eigenvalue weighted by atomic mass is 32.1. The van der Waals surface area contributed by atoms with Crippen molar-refractivity contribution < 1.29 is 23.9 Å². The zero-order valence-corrected chi connectivity index (χ0v) is 24.7. The molecule has 0 amide bonds. The Kier molecular flexibility index (Phi) is 8.44. The molecule has 0 radical (unpaired) electrons. The van der Waals surface area contributed by atoms with E-state index in [1.54, 1.807) is 44.2 Å². The van der Waals surface area contributed by atoms with E-state index in [2.05, 4.69) is 9.89 Å². The number of carbonyl (C=O) groups excluding carboxylic acids is 1. The fourth-order valence-corrected chi connectivity index (χ4v) is 6.51. The number of rotatable bonds is 8.